The Labute approximate surface area is 158 Å². The molecular weight excluding hydrogens is 362 g/mol. The van der Waals surface area contributed by atoms with Crippen LogP contribution in [0.5, 0.6) is 5.75 Å². The molecule has 3 rings (SSSR count). The lowest BCUT2D eigenvalue weighted by Crippen LogP contribution is -2.22. The molecule has 0 saturated carbocycles. The average Bonchev–Trinajstić information content (AvgIpc) is 2.67. The van der Waals surface area contributed by atoms with Crippen molar-refractivity contribution >= 4 is 16.0 Å². The predicted octanol–water partition coefficient (Wildman–Crippen LogP) is 3.69. The summed E-state index contributed by atoms with van der Waals surface area (Å²) in [6, 6.07) is 22.0. The first-order chi connectivity index (χ1) is 12.9. The van der Waals surface area contributed by atoms with E-state index >= 15 is 0 Å². The van der Waals surface area contributed by atoms with E-state index in [9.17, 15) is 13.2 Å². The Hall–Kier alpha value is -3.12. The SMILES string of the molecule is Cc1ccc(S(=O)(=O)Oc2cccc(C(=O)NCc3ccccc3)c2)cc1. The van der Waals surface area contributed by atoms with Crippen molar-refractivity contribution in [3.05, 3.63) is 95.6 Å². The number of aryl methyl sites for hydroxylation is 1. The van der Waals surface area contributed by atoms with E-state index in [1.54, 1.807) is 24.3 Å². The van der Waals surface area contributed by atoms with Gasteiger partial charge in [0.25, 0.3) is 5.91 Å². The molecule has 0 heterocycles. The van der Waals surface area contributed by atoms with E-state index in [1.807, 2.05) is 37.3 Å². The van der Waals surface area contributed by atoms with E-state index in [0.717, 1.165) is 11.1 Å². The highest BCUT2D eigenvalue weighted by Gasteiger charge is 2.17. The molecule has 138 valence electrons. The summed E-state index contributed by atoms with van der Waals surface area (Å²) in [6.45, 7) is 2.25. The van der Waals surface area contributed by atoms with Crippen molar-refractivity contribution in [2.75, 3.05) is 0 Å². The molecule has 0 aliphatic rings. The number of carbonyl (C=O) groups excluding carboxylic acids is 1. The first-order valence-corrected chi connectivity index (χ1v) is 9.78. The summed E-state index contributed by atoms with van der Waals surface area (Å²) in [5.41, 5.74) is 2.24. The van der Waals surface area contributed by atoms with Crippen LogP contribution in [0.4, 0.5) is 0 Å². The highest BCUT2D eigenvalue weighted by atomic mass is 32.2. The summed E-state index contributed by atoms with van der Waals surface area (Å²) in [6.07, 6.45) is 0. The zero-order chi connectivity index (χ0) is 19.3. The summed E-state index contributed by atoms with van der Waals surface area (Å²) in [4.78, 5) is 12.4. The monoisotopic (exact) mass is 381 g/mol. The molecule has 0 bridgehead atoms. The molecule has 0 radical (unpaired) electrons. The minimum atomic E-state index is -3.96. The van der Waals surface area contributed by atoms with Gasteiger partial charge < -0.3 is 9.50 Å². The predicted molar refractivity (Wildman–Crippen MR) is 103 cm³/mol. The van der Waals surface area contributed by atoms with E-state index in [-0.39, 0.29) is 16.6 Å². The van der Waals surface area contributed by atoms with Crippen molar-refractivity contribution < 1.29 is 17.4 Å². The standard InChI is InChI=1S/C21H19NO4S/c1-16-10-12-20(13-11-16)27(24,25)26-19-9-5-8-18(14-19)21(23)22-15-17-6-3-2-4-7-17/h2-14H,15H2,1H3,(H,22,23). The second kappa shape index (κ2) is 8.05. The second-order valence-corrected chi connectivity index (χ2v) is 7.59. The lowest BCUT2D eigenvalue weighted by atomic mass is 10.2. The maximum absolute atomic E-state index is 12.4. The van der Waals surface area contributed by atoms with Gasteiger partial charge in [0.2, 0.25) is 0 Å². The van der Waals surface area contributed by atoms with Crippen LogP contribution < -0.4 is 9.50 Å². The summed E-state index contributed by atoms with van der Waals surface area (Å²) in [5.74, 6) is -0.222. The van der Waals surface area contributed by atoms with Crippen LogP contribution in [-0.4, -0.2) is 14.3 Å². The molecule has 1 amide bonds. The molecule has 0 unspecified atom stereocenters. The molecule has 0 aliphatic heterocycles. The van der Waals surface area contributed by atoms with Gasteiger partial charge in [0, 0.05) is 12.1 Å². The van der Waals surface area contributed by atoms with Gasteiger partial charge in [-0.1, -0.05) is 54.1 Å². The van der Waals surface area contributed by atoms with Gasteiger partial charge in [0.1, 0.15) is 10.6 Å². The summed E-state index contributed by atoms with van der Waals surface area (Å²) >= 11 is 0. The third-order valence-corrected chi connectivity index (χ3v) is 5.17. The highest BCUT2D eigenvalue weighted by Crippen LogP contribution is 2.20. The first kappa shape index (κ1) is 18.7. The molecule has 3 aromatic carbocycles. The zero-order valence-electron chi connectivity index (χ0n) is 14.8. The lowest BCUT2D eigenvalue weighted by Gasteiger charge is -2.09. The Kier molecular flexibility index (Phi) is 5.57. The molecule has 0 atom stereocenters. The Morgan fingerprint density at radius 3 is 2.33 bits per heavy atom. The number of carbonyl (C=O) groups is 1. The third kappa shape index (κ3) is 4.95. The Morgan fingerprint density at radius 1 is 0.926 bits per heavy atom. The second-order valence-electron chi connectivity index (χ2n) is 6.05. The lowest BCUT2D eigenvalue weighted by molar-refractivity contribution is 0.0950. The van der Waals surface area contributed by atoms with Crippen LogP contribution in [0.3, 0.4) is 0 Å². The van der Waals surface area contributed by atoms with Gasteiger partial charge in [-0.05, 0) is 42.8 Å². The maximum atomic E-state index is 12.4. The van der Waals surface area contributed by atoms with Crippen LogP contribution in [0.25, 0.3) is 0 Å². The Balaban J connectivity index is 1.71. The van der Waals surface area contributed by atoms with Crippen molar-refractivity contribution in [1.82, 2.24) is 5.32 Å². The number of hydrogen-bond donors (Lipinski definition) is 1. The molecule has 3 aromatic rings. The van der Waals surface area contributed by atoms with Crippen molar-refractivity contribution in [2.45, 2.75) is 18.4 Å². The van der Waals surface area contributed by atoms with Crippen molar-refractivity contribution in [1.29, 1.82) is 0 Å². The van der Waals surface area contributed by atoms with Gasteiger partial charge in [0.15, 0.2) is 0 Å². The minimum Gasteiger partial charge on any atom is -0.379 e. The average molecular weight is 381 g/mol. The van der Waals surface area contributed by atoms with Gasteiger partial charge in [-0.3, -0.25) is 4.79 Å². The van der Waals surface area contributed by atoms with E-state index in [2.05, 4.69) is 5.32 Å². The molecular formula is C21H19NO4S. The molecule has 0 fully saturated rings. The van der Waals surface area contributed by atoms with E-state index < -0.39 is 10.1 Å². The van der Waals surface area contributed by atoms with E-state index in [0.29, 0.717) is 12.1 Å². The molecule has 6 heteroatoms. The van der Waals surface area contributed by atoms with E-state index in [1.165, 1.54) is 24.3 Å². The smallest absolute Gasteiger partial charge is 0.339 e. The molecule has 0 saturated heterocycles. The number of rotatable bonds is 6. The van der Waals surface area contributed by atoms with E-state index in [4.69, 9.17) is 4.18 Å². The fourth-order valence-corrected chi connectivity index (χ4v) is 3.37. The Bertz CT molecular complexity index is 1030. The number of nitrogens with one attached hydrogen (secondary N) is 1. The zero-order valence-corrected chi connectivity index (χ0v) is 15.6. The fourth-order valence-electron chi connectivity index (χ4n) is 2.45. The molecule has 5 nitrogen and oxygen atoms in total. The van der Waals surface area contributed by atoms with Crippen LogP contribution in [0.15, 0.2) is 83.8 Å². The van der Waals surface area contributed by atoms with Gasteiger partial charge in [0.05, 0.1) is 0 Å². The minimum absolute atomic E-state index is 0.0621. The number of hydrogen-bond acceptors (Lipinski definition) is 4. The van der Waals surface area contributed by atoms with Gasteiger partial charge >= 0.3 is 10.1 Å². The first-order valence-electron chi connectivity index (χ1n) is 8.37. The van der Waals surface area contributed by atoms with Crippen molar-refractivity contribution in [2.24, 2.45) is 0 Å². The number of amides is 1. The van der Waals surface area contributed by atoms with Gasteiger partial charge in [-0.25, -0.2) is 0 Å². The molecule has 0 spiro atoms. The summed E-state index contributed by atoms with van der Waals surface area (Å²) in [5, 5.41) is 2.80. The van der Waals surface area contributed by atoms with Crippen molar-refractivity contribution in [3.8, 4) is 5.75 Å². The number of benzene rings is 3. The molecule has 1 N–H and O–H groups in total. The van der Waals surface area contributed by atoms with Crippen LogP contribution in [0.1, 0.15) is 21.5 Å². The topological polar surface area (TPSA) is 72.5 Å². The largest absolute Gasteiger partial charge is 0.379 e. The third-order valence-electron chi connectivity index (χ3n) is 3.91. The summed E-state index contributed by atoms with van der Waals surface area (Å²) < 4.78 is 29.9. The molecule has 0 aromatic heterocycles. The molecule has 27 heavy (non-hydrogen) atoms. The molecule has 0 aliphatic carbocycles. The van der Waals surface area contributed by atoms with Gasteiger partial charge in [-0.2, -0.15) is 8.42 Å². The van der Waals surface area contributed by atoms with Gasteiger partial charge in [-0.15, -0.1) is 0 Å². The van der Waals surface area contributed by atoms with Crippen LogP contribution in [0, 0.1) is 6.92 Å². The Morgan fingerprint density at radius 2 is 1.63 bits per heavy atom. The quantitative estimate of drug-likeness (QED) is 0.661. The van der Waals surface area contributed by atoms with Crippen LogP contribution >= 0.6 is 0 Å². The van der Waals surface area contributed by atoms with Crippen molar-refractivity contribution in [3.63, 3.8) is 0 Å². The normalized spacial score (nSPS) is 11.0. The summed E-state index contributed by atoms with van der Waals surface area (Å²) in [7, 11) is -3.96. The highest BCUT2D eigenvalue weighted by molar-refractivity contribution is 7.87. The fraction of sp³-hybridized carbons (Fsp3) is 0.0952. The maximum Gasteiger partial charge on any atom is 0.339 e. The van der Waals surface area contributed by atoms with Crippen LogP contribution in [-0.2, 0) is 16.7 Å². The van der Waals surface area contributed by atoms with Crippen LogP contribution in [0.2, 0.25) is 0 Å².